The van der Waals surface area contributed by atoms with Crippen molar-refractivity contribution in [1.29, 1.82) is 0 Å². The highest BCUT2D eigenvalue weighted by Crippen LogP contribution is 2.24. The first-order valence-corrected chi connectivity index (χ1v) is 6.08. The summed E-state index contributed by atoms with van der Waals surface area (Å²) in [6.07, 6.45) is 3.04. The molecule has 8 nitrogen and oxygen atoms in total. The number of carbonyl (C=O) groups excluding carboxylic acids is 3. The lowest BCUT2D eigenvalue weighted by Crippen LogP contribution is -2.56. The Bertz CT molecular complexity index is 576. The van der Waals surface area contributed by atoms with Crippen molar-refractivity contribution in [2.75, 3.05) is 20.2 Å². The summed E-state index contributed by atoms with van der Waals surface area (Å²) in [5.41, 5.74) is 5.07. The summed E-state index contributed by atoms with van der Waals surface area (Å²) in [7, 11) is 1.48. The number of hydrogen-bond donors (Lipinski definition) is 1. The van der Waals surface area contributed by atoms with Crippen molar-refractivity contribution in [3.05, 3.63) is 11.8 Å². The second-order valence-corrected chi connectivity index (χ2v) is 4.30. The number of nitrogens with two attached hydrogens (primary N) is 1. The lowest BCUT2D eigenvalue weighted by atomic mass is 9.99. The number of aliphatic imine (C=N–C) groups is 1. The largest absolute Gasteiger partial charge is 0.497 e. The predicted octanol–water partition coefficient (Wildman–Crippen LogP) is -0.904. The van der Waals surface area contributed by atoms with Gasteiger partial charge in [0.15, 0.2) is 12.5 Å². The van der Waals surface area contributed by atoms with E-state index in [1.165, 1.54) is 17.8 Å². The van der Waals surface area contributed by atoms with E-state index in [0.29, 0.717) is 12.4 Å². The topological polar surface area (TPSA) is 105 Å². The van der Waals surface area contributed by atoms with Gasteiger partial charge in [-0.25, -0.2) is 4.79 Å². The van der Waals surface area contributed by atoms with Crippen molar-refractivity contribution < 1.29 is 23.7 Å². The summed E-state index contributed by atoms with van der Waals surface area (Å²) in [4.78, 5) is 40.3. The number of urea groups is 1. The van der Waals surface area contributed by atoms with Crippen LogP contribution in [0.2, 0.25) is 0 Å². The van der Waals surface area contributed by atoms with Crippen LogP contribution in [-0.2, 0) is 14.3 Å². The number of ether oxygens (including phenoxy) is 1. The first kappa shape index (κ1) is 13.9. The number of carbonyl (C=O) groups is 3. The SMILES string of the molecule is CCOC1=CC=NC2=[N+](C)C(=O)N(CC(N)=O)C(=O)C12. The Balaban J connectivity index is 2.46. The zero-order valence-corrected chi connectivity index (χ0v) is 11.2. The molecule has 4 amide bonds. The maximum Gasteiger partial charge on any atom is 0.446 e. The molecule has 0 fully saturated rings. The summed E-state index contributed by atoms with van der Waals surface area (Å²) in [6, 6.07) is -0.630. The van der Waals surface area contributed by atoms with Gasteiger partial charge in [0.25, 0.3) is 11.7 Å². The van der Waals surface area contributed by atoms with Crippen LogP contribution in [0, 0.1) is 5.92 Å². The summed E-state index contributed by atoms with van der Waals surface area (Å²) in [5.74, 6) is -1.45. The molecule has 0 aliphatic carbocycles. The fourth-order valence-electron chi connectivity index (χ4n) is 2.13. The van der Waals surface area contributed by atoms with Crippen LogP contribution in [0.3, 0.4) is 0 Å². The van der Waals surface area contributed by atoms with Gasteiger partial charge in [-0.3, -0.25) is 9.59 Å². The van der Waals surface area contributed by atoms with Gasteiger partial charge < -0.3 is 10.5 Å². The van der Waals surface area contributed by atoms with E-state index in [1.54, 1.807) is 13.0 Å². The first-order valence-electron chi connectivity index (χ1n) is 6.08. The fourth-order valence-corrected chi connectivity index (χ4v) is 2.13. The van der Waals surface area contributed by atoms with Crippen LogP contribution >= 0.6 is 0 Å². The van der Waals surface area contributed by atoms with Crippen LogP contribution in [0.15, 0.2) is 16.8 Å². The molecule has 0 bridgehead atoms. The lowest BCUT2D eigenvalue weighted by molar-refractivity contribution is -0.408. The van der Waals surface area contributed by atoms with E-state index < -0.39 is 30.3 Å². The van der Waals surface area contributed by atoms with E-state index >= 15 is 0 Å². The molecule has 106 valence electrons. The molecule has 8 heteroatoms. The van der Waals surface area contributed by atoms with E-state index in [0.717, 1.165) is 4.90 Å². The van der Waals surface area contributed by atoms with Gasteiger partial charge in [0.05, 0.1) is 13.7 Å². The molecule has 2 aliphatic rings. The van der Waals surface area contributed by atoms with E-state index in [1.807, 2.05) is 0 Å². The van der Waals surface area contributed by atoms with Crippen molar-refractivity contribution in [3.63, 3.8) is 0 Å². The maximum atomic E-state index is 12.4. The van der Waals surface area contributed by atoms with E-state index in [4.69, 9.17) is 10.5 Å². The number of dihydropyridines is 1. The molecule has 0 radical (unpaired) electrons. The normalized spacial score (nSPS) is 21.8. The Labute approximate surface area is 115 Å². The molecule has 0 aromatic heterocycles. The second-order valence-electron chi connectivity index (χ2n) is 4.30. The number of allylic oxidation sites excluding steroid dienone is 1. The van der Waals surface area contributed by atoms with Crippen LogP contribution in [0.4, 0.5) is 4.79 Å². The summed E-state index contributed by atoms with van der Waals surface area (Å²) in [6.45, 7) is 1.70. The predicted molar refractivity (Wildman–Crippen MR) is 69.2 cm³/mol. The average molecular weight is 279 g/mol. The molecule has 0 saturated heterocycles. The van der Waals surface area contributed by atoms with Gasteiger partial charge >= 0.3 is 11.9 Å². The van der Waals surface area contributed by atoms with Gasteiger partial charge in [0, 0.05) is 6.08 Å². The van der Waals surface area contributed by atoms with E-state index in [9.17, 15) is 14.4 Å². The molecule has 2 heterocycles. The van der Waals surface area contributed by atoms with Crippen molar-refractivity contribution in [3.8, 4) is 0 Å². The molecular weight excluding hydrogens is 264 g/mol. The maximum absolute atomic E-state index is 12.4. The minimum absolute atomic E-state index is 0.284. The number of nitrogens with zero attached hydrogens (tertiary/aromatic N) is 3. The molecule has 0 aromatic carbocycles. The minimum Gasteiger partial charge on any atom is -0.497 e. The van der Waals surface area contributed by atoms with Crippen LogP contribution in [0.1, 0.15) is 6.92 Å². The van der Waals surface area contributed by atoms with Gasteiger partial charge in [0.2, 0.25) is 0 Å². The van der Waals surface area contributed by atoms with Crippen LogP contribution in [0.25, 0.3) is 0 Å². The number of rotatable bonds is 4. The molecule has 20 heavy (non-hydrogen) atoms. The third kappa shape index (κ3) is 2.20. The fraction of sp³-hybridized carbons (Fsp3) is 0.417. The van der Waals surface area contributed by atoms with Crippen LogP contribution in [-0.4, -0.2) is 59.6 Å². The Morgan fingerprint density at radius 3 is 2.85 bits per heavy atom. The number of imide groups is 1. The van der Waals surface area contributed by atoms with Gasteiger partial charge in [-0.05, 0) is 6.92 Å². The van der Waals surface area contributed by atoms with Gasteiger partial charge in [-0.15, -0.1) is 4.99 Å². The Morgan fingerprint density at radius 1 is 1.55 bits per heavy atom. The zero-order chi connectivity index (χ0) is 14.9. The van der Waals surface area contributed by atoms with Crippen molar-refractivity contribution in [2.45, 2.75) is 6.92 Å². The Morgan fingerprint density at radius 2 is 2.25 bits per heavy atom. The molecule has 1 atom stereocenters. The molecule has 0 aromatic rings. The van der Waals surface area contributed by atoms with Gasteiger partial charge in [0.1, 0.15) is 12.0 Å². The quantitative estimate of drug-likeness (QED) is 0.673. The second kappa shape index (κ2) is 5.24. The van der Waals surface area contributed by atoms with E-state index in [-0.39, 0.29) is 5.84 Å². The lowest BCUT2D eigenvalue weighted by Gasteiger charge is -2.27. The molecule has 2 aliphatic heterocycles. The van der Waals surface area contributed by atoms with Gasteiger partial charge in [-0.1, -0.05) is 0 Å². The third-order valence-electron chi connectivity index (χ3n) is 2.99. The minimum atomic E-state index is -0.818. The number of hydrogen-bond acceptors (Lipinski definition) is 5. The number of primary amides is 1. The van der Waals surface area contributed by atoms with Crippen molar-refractivity contribution in [1.82, 2.24) is 4.90 Å². The van der Waals surface area contributed by atoms with Crippen molar-refractivity contribution >= 4 is 29.9 Å². The highest BCUT2D eigenvalue weighted by molar-refractivity contribution is 6.16. The number of amides is 4. The highest BCUT2D eigenvalue weighted by atomic mass is 16.5. The average Bonchev–Trinajstić information content (AvgIpc) is 2.41. The van der Waals surface area contributed by atoms with Gasteiger partial charge in [-0.2, -0.15) is 9.48 Å². The highest BCUT2D eigenvalue weighted by Gasteiger charge is 2.49. The summed E-state index contributed by atoms with van der Waals surface area (Å²) in [5, 5.41) is 0. The number of amidine groups is 1. The monoisotopic (exact) mass is 279 g/mol. The Kier molecular flexibility index (Phi) is 3.64. The Hall–Kier alpha value is -2.51. The standard InChI is InChI=1S/C12H14N4O4/c1-3-20-7-4-5-14-10-9(7)11(18)16(6-8(13)17)12(19)15(10)2/h4-5,9H,3,6H2,1-2H3,(H-,13,17)/p+1. The summed E-state index contributed by atoms with van der Waals surface area (Å²) < 4.78 is 6.63. The molecule has 2 rings (SSSR count). The van der Waals surface area contributed by atoms with Crippen LogP contribution in [0.5, 0.6) is 0 Å². The summed E-state index contributed by atoms with van der Waals surface area (Å²) >= 11 is 0. The molecule has 1 unspecified atom stereocenters. The molecular formula is C12H15N4O4+. The zero-order valence-electron chi connectivity index (χ0n) is 11.2. The van der Waals surface area contributed by atoms with Crippen LogP contribution < -0.4 is 5.73 Å². The third-order valence-corrected chi connectivity index (χ3v) is 2.99. The smallest absolute Gasteiger partial charge is 0.446 e. The first-order chi connectivity index (χ1) is 9.47. The molecule has 0 spiro atoms. The molecule has 2 N–H and O–H groups in total. The van der Waals surface area contributed by atoms with E-state index in [2.05, 4.69) is 4.99 Å². The molecule has 0 saturated carbocycles. The van der Waals surface area contributed by atoms with Crippen molar-refractivity contribution in [2.24, 2.45) is 16.6 Å². The number of fused-ring (bicyclic) bond motifs is 1.